The minimum Gasteiger partial charge on any atom is -0.411 e. The maximum Gasteiger partial charge on any atom is 0.0986 e. The minimum absolute atomic E-state index is 0.807. The van der Waals surface area contributed by atoms with Crippen molar-refractivity contribution < 1.29 is 5.21 Å². The van der Waals surface area contributed by atoms with Gasteiger partial charge in [-0.2, -0.15) is 0 Å². The SMILES string of the molecule is Cc1nc2c(s1)C(=NO)CCC2. The van der Waals surface area contributed by atoms with Gasteiger partial charge in [-0.3, -0.25) is 0 Å². The second-order valence-electron chi connectivity index (χ2n) is 2.91. The maximum atomic E-state index is 8.71. The van der Waals surface area contributed by atoms with E-state index in [0.29, 0.717) is 0 Å². The fourth-order valence-corrected chi connectivity index (χ4v) is 2.47. The van der Waals surface area contributed by atoms with E-state index in [1.807, 2.05) is 6.92 Å². The normalized spacial score (nSPS) is 19.6. The van der Waals surface area contributed by atoms with Crippen molar-refractivity contribution in [3.8, 4) is 0 Å². The molecule has 0 unspecified atom stereocenters. The molecule has 1 aliphatic rings. The Bertz CT molecular complexity index is 330. The van der Waals surface area contributed by atoms with Crippen molar-refractivity contribution in [2.24, 2.45) is 5.16 Å². The first-order valence-corrected chi connectivity index (χ1v) is 4.80. The molecular weight excluding hydrogens is 172 g/mol. The Kier molecular flexibility index (Phi) is 1.84. The van der Waals surface area contributed by atoms with Crippen LogP contribution in [0.2, 0.25) is 0 Å². The molecule has 0 atom stereocenters. The van der Waals surface area contributed by atoms with Crippen LogP contribution in [0.5, 0.6) is 0 Å². The molecule has 12 heavy (non-hydrogen) atoms. The number of aromatic nitrogens is 1. The molecule has 0 aliphatic heterocycles. The summed E-state index contributed by atoms with van der Waals surface area (Å²) in [5.74, 6) is 0. The molecule has 0 bridgehead atoms. The van der Waals surface area contributed by atoms with E-state index in [0.717, 1.165) is 40.6 Å². The smallest absolute Gasteiger partial charge is 0.0986 e. The summed E-state index contributed by atoms with van der Waals surface area (Å²) >= 11 is 1.62. The van der Waals surface area contributed by atoms with Crippen molar-refractivity contribution in [2.75, 3.05) is 0 Å². The highest BCUT2D eigenvalue weighted by Gasteiger charge is 2.19. The van der Waals surface area contributed by atoms with Gasteiger partial charge in [-0.25, -0.2) is 4.98 Å². The molecular formula is C8H10N2OS. The summed E-state index contributed by atoms with van der Waals surface area (Å²) in [6.07, 6.45) is 2.96. The van der Waals surface area contributed by atoms with E-state index < -0.39 is 0 Å². The van der Waals surface area contributed by atoms with E-state index in [1.54, 1.807) is 11.3 Å². The largest absolute Gasteiger partial charge is 0.411 e. The molecule has 0 saturated carbocycles. The molecule has 1 aromatic heterocycles. The number of rotatable bonds is 0. The van der Waals surface area contributed by atoms with E-state index in [4.69, 9.17) is 5.21 Å². The Morgan fingerprint density at radius 2 is 2.33 bits per heavy atom. The Labute approximate surface area is 74.8 Å². The topological polar surface area (TPSA) is 45.5 Å². The molecule has 0 fully saturated rings. The third kappa shape index (κ3) is 1.12. The van der Waals surface area contributed by atoms with Gasteiger partial charge in [-0.15, -0.1) is 11.3 Å². The van der Waals surface area contributed by atoms with Gasteiger partial charge >= 0.3 is 0 Å². The summed E-state index contributed by atoms with van der Waals surface area (Å²) in [6, 6.07) is 0. The first kappa shape index (κ1) is 7.73. The lowest BCUT2D eigenvalue weighted by molar-refractivity contribution is 0.317. The Balaban J connectivity index is 2.50. The van der Waals surface area contributed by atoms with Crippen molar-refractivity contribution in [2.45, 2.75) is 26.2 Å². The van der Waals surface area contributed by atoms with Crippen molar-refractivity contribution in [1.82, 2.24) is 4.98 Å². The standard InChI is InChI=1S/C8H10N2OS/c1-5-9-6-3-2-4-7(10-11)8(6)12-5/h11H,2-4H2,1H3. The molecule has 1 N–H and O–H groups in total. The maximum absolute atomic E-state index is 8.71. The predicted molar refractivity (Wildman–Crippen MR) is 48.1 cm³/mol. The Morgan fingerprint density at radius 3 is 3.08 bits per heavy atom. The molecule has 0 saturated heterocycles. The number of hydrogen-bond donors (Lipinski definition) is 1. The second-order valence-corrected chi connectivity index (χ2v) is 4.11. The van der Waals surface area contributed by atoms with Gasteiger partial charge in [0.15, 0.2) is 0 Å². The van der Waals surface area contributed by atoms with Gasteiger partial charge in [0.1, 0.15) is 0 Å². The van der Waals surface area contributed by atoms with Gasteiger partial charge < -0.3 is 5.21 Å². The summed E-state index contributed by atoms with van der Waals surface area (Å²) in [5.41, 5.74) is 1.92. The lowest BCUT2D eigenvalue weighted by Crippen LogP contribution is -2.09. The zero-order chi connectivity index (χ0) is 8.55. The van der Waals surface area contributed by atoms with Gasteiger partial charge in [-0.05, 0) is 26.2 Å². The van der Waals surface area contributed by atoms with Crippen molar-refractivity contribution in [3.63, 3.8) is 0 Å². The van der Waals surface area contributed by atoms with Crippen LogP contribution in [0.4, 0.5) is 0 Å². The highest BCUT2D eigenvalue weighted by Crippen LogP contribution is 2.26. The summed E-state index contributed by atoms with van der Waals surface area (Å²) in [5, 5.41) is 13.1. The van der Waals surface area contributed by atoms with Crippen LogP contribution in [0, 0.1) is 6.92 Å². The summed E-state index contributed by atoms with van der Waals surface area (Å²) in [6.45, 7) is 1.98. The van der Waals surface area contributed by atoms with Crippen LogP contribution >= 0.6 is 11.3 Å². The highest BCUT2D eigenvalue weighted by atomic mass is 32.1. The molecule has 1 heterocycles. The molecule has 4 heteroatoms. The van der Waals surface area contributed by atoms with Gasteiger partial charge in [-0.1, -0.05) is 5.16 Å². The zero-order valence-corrected chi connectivity index (χ0v) is 7.69. The van der Waals surface area contributed by atoms with Gasteiger partial charge in [0.25, 0.3) is 0 Å². The number of aryl methyl sites for hydroxylation is 2. The highest BCUT2D eigenvalue weighted by molar-refractivity contribution is 7.13. The number of hydrogen-bond acceptors (Lipinski definition) is 4. The first-order valence-electron chi connectivity index (χ1n) is 3.99. The molecule has 3 nitrogen and oxygen atoms in total. The number of oxime groups is 1. The molecule has 0 radical (unpaired) electrons. The van der Waals surface area contributed by atoms with Crippen LogP contribution < -0.4 is 0 Å². The first-order chi connectivity index (χ1) is 5.81. The van der Waals surface area contributed by atoms with Crippen LogP contribution in [0.15, 0.2) is 5.16 Å². The molecule has 1 aliphatic carbocycles. The third-order valence-electron chi connectivity index (χ3n) is 2.01. The number of fused-ring (bicyclic) bond motifs is 1. The summed E-state index contributed by atoms with van der Waals surface area (Å²) in [4.78, 5) is 5.46. The van der Waals surface area contributed by atoms with Crippen molar-refractivity contribution in [3.05, 3.63) is 15.6 Å². The average Bonchev–Trinajstić information content (AvgIpc) is 2.44. The van der Waals surface area contributed by atoms with Crippen LogP contribution in [0.25, 0.3) is 0 Å². The Morgan fingerprint density at radius 1 is 1.50 bits per heavy atom. The molecule has 0 spiro atoms. The van der Waals surface area contributed by atoms with E-state index in [1.165, 1.54) is 0 Å². The molecule has 0 aromatic carbocycles. The van der Waals surface area contributed by atoms with Crippen molar-refractivity contribution in [1.29, 1.82) is 0 Å². The van der Waals surface area contributed by atoms with E-state index in [9.17, 15) is 0 Å². The second kappa shape index (κ2) is 2.86. The molecule has 1 aromatic rings. The monoisotopic (exact) mass is 182 g/mol. The lowest BCUT2D eigenvalue weighted by atomic mass is 10.0. The zero-order valence-electron chi connectivity index (χ0n) is 6.87. The van der Waals surface area contributed by atoms with Crippen LogP contribution in [0.3, 0.4) is 0 Å². The third-order valence-corrected chi connectivity index (χ3v) is 3.08. The fraction of sp³-hybridized carbons (Fsp3) is 0.500. The van der Waals surface area contributed by atoms with E-state index in [2.05, 4.69) is 10.1 Å². The summed E-state index contributed by atoms with van der Waals surface area (Å²) in [7, 11) is 0. The molecule has 64 valence electrons. The van der Waals surface area contributed by atoms with Gasteiger partial charge in [0.2, 0.25) is 0 Å². The van der Waals surface area contributed by atoms with E-state index in [-0.39, 0.29) is 0 Å². The molecule has 2 rings (SSSR count). The lowest BCUT2D eigenvalue weighted by Gasteiger charge is -2.09. The minimum atomic E-state index is 0.807. The van der Waals surface area contributed by atoms with Crippen LogP contribution in [-0.4, -0.2) is 15.9 Å². The Hall–Kier alpha value is -0.900. The number of thiazole rings is 1. The van der Waals surface area contributed by atoms with Gasteiger partial charge in [0, 0.05) is 0 Å². The van der Waals surface area contributed by atoms with Crippen molar-refractivity contribution >= 4 is 17.0 Å². The summed E-state index contributed by atoms with van der Waals surface area (Å²) < 4.78 is 0. The average molecular weight is 182 g/mol. The predicted octanol–water partition coefficient (Wildman–Crippen LogP) is 1.97. The quantitative estimate of drug-likeness (QED) is 0.492. The van der Waals surface area contributed by atoms with Gasteiger partial charge in [0.05, 0.1) is 21.3 Å². The molecule has 0 amide bonds. The van der Waals surface area contributed by atoms with Crippen LogP contribution in [0.1, 0.15) is 28.4 Å². The van der Waals surface area contributed by atoms with Crippen LogP contribution in [-0.2, 0) is 6.42 Å². The fourth-order valence-electron chi connectivity index (χ4n) is 1.50. The van der Waals surface area contributed by atoms with E-state index >= 15 is 0 Å². The number of nitrogens with zero attached hydrogens (tertiary/aromatic N) is 2.